The largest absolute Gasteiger partial charge is 0.379 e. The first-order chi connectivity index (χ1) is 14.8. The van der Waals surface area contributed by atoms with Crippen molar-refractivity contribution in [2.75, 3.05) is 39.4 Å². The predicted octanol–water partition coefficient (Wildman–Crippen LogP) is 1.71. The van der Waals surface area contributed by atoms with Crippen molar-refractivity contribution in [3.8, 4) is 0 Å². The van der Waals surface area contributed by atoms with E-state index in [1.54, 1.807) is 0 Å². The summed E-state index contributed by atoms with van der Waals surface area (Å²) in [5, 5.41) is 3.04. The van der Waals surface area contributed by atoms with Gasteiger partial charge >= 0.3 is 0 Å². The van der Waals surface area contributed by atoms with Crippen LogP contribution in [0.1, 0.15) is 55.8 Å². The SMILES string of the molecule is CC(=O)c1ccc(S(=O)(=O)NCCC(=O)NCC2(N3CCOCC3)CCCCC2)cc1. The number of carbonyl (C=O) groups excluding carboxylic acids is 2. The number of amides is 1. The average molecular weight is 452 g/mol. The monoisotopic (exact) mass is 451 g/mol. The topological polar surface area (TPSA) is 105 Å². The van der Waals surface area contributed by atoms with Crippen LogP contribution in [-0.2, 0) is 19.6 Å². The average Bonchev–Trinajstić information content (AvgIpc) is 2.79. The second-order valence-electron chi connectivity index (χ2n) is 8.39. The van der Waals surface area contributed by atoms with Crippen molar-refractivity contribution < 1.29 is 22.7 Å². The fraction of sp³-hybridized carbons (Fsp3) is 0.636. The lowest BCUT2D eigenvalue weighted by molar-refractivity contribution is -0.122. The first-order valence-electron chi connectivity index (χ1n) is 11.0. The van der Waals surface area contributed by atoms with E-state index in [0.717, 1.165) is 52.0 Å². The highest BCUT2D eigenvalue weighted by Gasteiger charge is 2.38. The minimum Gasteiger partial charge on any atom is -0.379 e. The molecule has 1 aliphatic carbocycles. The van der Waals surface area contributed by atoms with Crippen molar-refractivity contribution in [3.63, 3.8) is 0 Å². The summed E-state index contributed by atoms with van der Waals surface area (Å²) in [4.78, 5) is 26.3. The van der Waals surface area contributed by atoms with E-state index in [2.05, 4.69) is 14.9 Å². The highest BCUT2D eigenvalue weighted by atomic mass is 32.2. The van der Waals surface area contributed by atoms with Gasteiger partial charge in [-0.3, -0.25) is 14.5 Å². The molecule has 0 bridgehead atoms. The van der Waals surface area contributed by atoms with Crippen LogP contribution in [0.4, 0.5) is 0 Å². The van der Waals surface area contributed by atoms with E-state index < -0.39 is 10.0 Å². The molecule has 0 aromatic heterocycles. The zero-order valence-electron chi connectivity index (χ0n) is 18.2. The summed E-state index contributed by atoms with van der Waals surface area (Å²) >= 11 is 0. The maximum Gasteiger partial charge on any atom is 0.240 e. The van der Waals surface area contributed by atoms with Gasteiger partial charge in [-0.2, -0.15) is 0 Å². The lowest BCUT2D eigenvalue weighted by atomic mass is 9.79. The van der Waals surface area contributed by atoms with Crippen molar-refractivity contribution >= 4 is 21.7 Å². The van der Waals surface area contributed by atoms with E-state index in [1.807, 2.05) is 0 Å². The minimum atomic E-state index is -3.73. The van der Waals surface area contributed by atoms with Gasteiger partial charge in [0.05, 0.1) is 18.1 Å². The Morgan fingerprint density at radius 3 is 2.32 bits per heavy atom. The number of benzene rings is 1. The Bertz CT molecular complexity index is 858. The lowest BCUT2D eigenvalue weighted by Crippen LogP contribution is -2.59. The van der Waals surface area contributed by atoms with E-state index in [-0.39, 0.29) is 35.1 Å². The highest BCUT2D eigenvalue weighted by Crippen LogP contribution is 2.33. The number of morpholine rings is 1. The quantitative estimate of drug-likeness (QED) is 0.554. The Morgan fingerprint density at radius 2 is 1.71 bits per heavy atom. The molecule has 31 heavy (non-hydrogen) atoms. The molecule has 1 saturated heterocycles. The molecule has 1 heterocycles. The molecule has 0 unspecified atom stereocenters. The van der Waals surface area contributed by atoms with Gasteiger partial charge in [0.25, 0.3) is 0 Å². The molecule has 2 fully saturated rings. The smallest absolute Gasteiger partial charge is 0.240 e. The summed E-state index contributed by atoms with van der Waals surface area (Å²) in [6.07, 6.45) is 5.76. The third-order valence-electron chi connectivity index (χ3n) is 6.30. The zero-order chi connectivity index (χ0) is 22.3. The first-order valence-corrected chi connectivity index (χ1v) is 12.5. The van der Waals surface area contributed by atoms with Crippen molar-refractivity contribution in [1.82, 2.24) is 14.9 Å². The molecule has 1 saturated carbocycles. The van der Waals surface area contributed by atoms with E-state index in [1.165, 1.54) is 37.6 Å². The van der Waals surface area contributed by atoms with Crippen molar-refractivity contribution in [2.24, 2.45) is 0 Å². The van der Waals surface area contributed by atoms with Crippen LogP contribution < -0.4 is 10.0 Å². The first kappa shape index (κ1) is 23.8. The van der Waals surface area contributed by atoms with Gasteiger partial charge in [0, 0.05) is 43.7 Å². The van der Waals surface area contributed by atoms with E-state index in [9.17, 15) is 18.0 Å². The molecule has 1 aliphatic heterocycles. The van der Waals surface area contributed by atoms with Crippen LogP contribution in [0.2, 0.25) is 0 Å². The zero-order valence-corrected chi connectivity index (χ0v) is 19.0. The number of ketones is 1. The molecule has 0 radical (unpaired) electrons. The van der Waals surface area contributed by atoms with Crippen LogP contribution in [0.5, 0.6) is 0 Å². The van der Waals surface area contributed by atoms with Gasteiger partial charge in [-0.15, -0.1) is 0 Å². The van der Waals surface area contributed by atoms with Gasteiger partial charge < -0.3 is 10.1 Å². The Morgan fingerprint density at radius 1 is 1.06 bits per heavy atom. The Kier molecular flexibility index (Phi) is 8.21. The highest BCUT2D eigenvalue weighted by molar-refractivity contribution is 7.89. The van der Waals surface area contributed by atoms with E-state index in [0.29, 0.717) is 12.1 Å². The number of rotatable bonds is 9. The van der Waals surface area contributed by atoms with Gasteiger partial charge in [0.2, 0.25) is 15.9 Å². The Labute approximate surface area is 184 Å². The van der Waals surface area contributed by atoms with Gasteiger partial charge in [0.1, 0.15) is 0 Å². The lowest BCUT2D eigenvalue weighted by Gasteiger charge is -2.48. The molecular formula is C22H33N3O5S. The maximum absolute atomic E-state index is 12.4. The predicted molar refractivity (Wildman–Crippen MR) is 117 cm³/mol. The number of Topliss-reactive ketones (excluding diaryl/α,β-unsaturated/α-hetero) is 1. The third-order valence-corrected chi connectivity index (χ3v) is 7.77. The van der Waals surface area contributed by atoms with Crippen LogP contribution in [0.15, 0.2) is 29.2 Å². The number of nitrogens with zero attached hydrogens (tertiary/aromatic N) is 1. The maximum atomic E-state index is 12.4. The normalized spacial score (nSPS) is 19.6. The summed E-state index contributed by atoms with van der Waals surface area (Å²) in [5.74, 6) is -0.283. The molecule has 2 aliphatic rings. The second-order valence-corrected chi connectivity index (χ2v) is 10.2. The molecule has 0 atom stereocenters. The molecule has 172 valence electrons. The van der Waals surface area contributed by atoms with Gasteiger partial charge in [-0.1, -0.05) is 31.4 Å². The molecule has 1 amide bonds. The number of carbonyl (C=O) groups is 2. The van der Waals surface area contributed by atoms with Crippen LogP contribution >= 0.6 is 0 Å². The molecule has 9 heteroatoms. The van der Waals surface area contributed by atoms with E-state index >= 15 is 0 Å². The molecule has 8 nitrogen and oxygen atoms in total. The van der Waals surface area contributed by atoms with Gasteiger partial charge in [0.15, 0.2) is 5.78 Å². The van der Waals surface area contributed by atoms with Crippen LogP contribution in [-0.4, -0.2) is 69.9 Å². The number of sulfonamides is 1. The second kappa shape index (κ2) is 10.7. The molecule has 1 aromatic carbocycles. The number of ether oxygens (including phenoxy) is 1. The Hall–Kier alpha value is -1.81. The van der Waals surface area contributed by atoms with Crippen LogP contribution in [0, 0.1) is 0 Å². The summed E-state index contributed by atoms with van der Waals surface area (Å²) in [6.45, 7) is 5.26. The summed E-state index contributed by atoms with van der Waals surface area (Å²) in [7, 11) is -3.73. The Balaban J connectivity index is 1.49. The van der Waals surface area contributed by atoms with Gasteiger partial charge in [-0.25, -0.2) is 13.1 Å². The molecule has 3 rings (SSSR count). The fourth-order valence-corrected chi connectivity index (χ4v) is 5.49. The molecule has 0 spiro atoms. The van der Waals surface area contributed by atoms with Crippen molar-refractivity contribution in [2.45, 2.75) is 55.9 Å². The standard InChI is InChI=1S/C22H33N3O5S/c1-18(26)19-5-7-20(8-6-19)31(28,29)24-12-9-21(27)23-17-22(10-3-2-4-11-22)25-13-15-30-16-14-25/h5-8,24H,2-4,9-17H2,1H3,(H,23,27). The van der Waals surface area contributed by atoms with E-state index in [4.69, 9.17) is 4.74 Å². The number of hydrogen-bond acceptors (Lipinski definition) is 6. The summed E-state index contributed by atoms with van der Waals surface area (Å²) < 4.78 is 32.8. The number of nitrogens with one attached hydrogen (secondary N) is 2. The van der Waals surface area contributed by atoms with Crippen molar-refractivity contribution in [3.05, 3.63) is 29.8 Å². The molecular weight excluding hydrogens is 418 g/mol. The fourth-order valence-electron chi connectivity index (χ4n) is 4.45. The summed E-state index contributed by atoms with van der Waals surface area (Å²) in [5.41, 5.74) is 0.436. The van der Waals surface area contributed by atoms with Gasteiger partial charge in [-0.05, 0) is 31.9 Å². The van der Waals surface area contributed by atoms with Crippen molar-refractivity contribution in [1.29, 1.82) is 0 Å². The molecule has 1 aromatic rings. The minimum absolute atomic E-state index is 0.0182. The van der Waals surface area contributed by atoms with Crippen LogP contribution in [0.3, 0.4) is 0 Å². The molecule has 2 N–H and O–H groups in total. The van der Waals surface area contributed by atoms with Crippen LogP contribution in [0.25, 0.3) is 0 Å². The summed E-state index contributed by atoms with van der Waals surface area (Å²) in [6, 6.07) is 5.76. The third kappa shape index (κ3) is 6.35. The number of hydrogen-bond donors (Lipinski definition) is 2.